The van der Waals surface area contributed by atoms with Crippen LogP contribution in [0, 0.1) is 0 Å². The average Bonchev–Trinajstić information content (AvgIpc) is 2.85. The molecular weight excluding hydrogens is 256 g/mol. The van der Waals surface area contributed by atoms with Crippen molar-refractivity contribution in [2.45, 2.75) is 13.1 Å². The van der Waals surface area contributed by atoms with Gasteiger partial charge in [0.1, 0.15) is 17.2 Å². The van der Waals surface area contributed by atoms with Gasteiger partial charge in [0.25, 0.3) is 5.91 Å². The number of aromatic nitrogens is 5. The molecule has 1 aliphatic heterocycles. The van der Waals surface area contributed by atoms with Crippen molar-refractivity contribution >= 4 is 17.5 Å². The standard InChI is InChI=1S/C10H9ClN6O/c11-8-4-12-3-7(14-8)10(18)16-1-2-17-6-13-15-9(17)5-16/h3-4,6H,1-2,5H2. The van der Waals surface area contributed by atoms with E-state index in [1.54, 1.807) is 11.2 Å². The van der Waals surface area contributed by atoms with E-state index in [0.29, 0.717) is 19.6 Å². The summed E-state index contributed by atoms with van der Waals surface area (Å²) >= 11 is 5.72. The molecule has 0 aliphatic carbocycles. The van der Waals surface area contributed by atoms with Crippen LogP contribution in [0.4, 0.5) is 0 Å². The van der Waals surface area contributed by atoms with Crippen LogP contribution in [0.3, 0.4) is 0 Å². The van der Waals surface area contributed by atoms with Crippen LogP contribution < -0.4 is 0 Å². The predicted octanol–water partition coefficient (Wildman–Crippen LogP) is 0.377. The predicted molar refractivity (Wildman–Crippen MR) is 61.8 cm³/mol. The second kappa shape index (κ2) is 4.34. The molecule has 92 valence electrons. The maximum atomic E-state index is 12.2. The van der Waals surface area contributed by atoms with Crippen LogP contribution in [0.5, 0.6) is 0 Å². The van der Waals surface area contributed by atoms with Gasteiger partial charge >= 0.3 is 0 Å². The fourth-order valence-corrected chi connectivity index (χ4v) is 1.99. The third-order valence-electron chi connectivity index (χ3n) is 2.75. The summed E-state index contributed by atoms with van der Waals surface area (Å²) in [5, 5.41) is 7.98. The summed E-state index contributed by atoms with van der Waals surface area (Å²) < 4.78 is 1.92. The lowest BCUT2D eigenvalue weighted by Gasteiger charge is -2.26. The molecule has 0 atom stereocenters. The highest BCUT2D eigenvalue weighted by Gasteiger charge is 2.23. The number of hydrogen-bond donors (Lipinski definition) is 0. The second-order valence-corrected chi connectivity index (χ2v) is 4.28. The van der Waals surface area contributed by atoms with Gasteiger partial charge in [0.2, 0.25) is 0 Å². The van der Waals surface area contributed by atoms with Gasteiger partial charge in [-0.05, 0) is 0 Å². The van der Waals surface area contributed by atoms with Crippen molar-refractivity contribution in [2.24, 2.45) is 0 Å². The largest absolute Gasteiger partial charge is 0.328 e. The van der Waals surface area contributed by atoms with Crippen LogP contribution in [-0.4, -0.2) is 42.1 Å². The Labute approximate surface area is 107 Å². The summed E-state index contributed by atoms with van der Waals surface area (Å²) in [4.78, 5) is 21.7. The third kappa shape index (κ3) is 1.92. The molecule has 0 unspecified atom stereocenters. The lowest BCUT2D eigenvalue weighted by molar-refractivity contribution is 0.0701. The number of nitrogens with zero attached hydrogens (tertiary/aromatic N) is 6. The molecule has 0 radical (unpaired) electrons. The second-order valence-electron chi connectivity index (χ2n) is 3.89. The fourth-order valence-electron chi connectivity index (χ4n) is 1.85. The minimum Gasteiger partial charge on any atom is -0.328 e. The molecule has 1 aliphatic rings. The molecule has 0 spiro atoms. The van der Waals surface area contributed by atoms with Crippen molar-refractivity contribution in [1.82, 2.24) is 29.6 Å². The number of hydrogen-bond acceptors (Lipinski definition) is 5. The fraction of sp³-hybridized carbons (Fsp3) is 0.300. The quantitative estimate of drug-likeness (QED) is 0.744. The molecule has 0 aromatic carbocycles. The lowest BCUT2D eigenvalue weighted by atomic mass is 10.3. The summed E-state index contributed by atoms with van der Waals surface area (Å²) in [5.74, 6) is 0.573. The first-order valence-corrected chi connectivity index (χ1v) is 5.75. The zero-order chi connectivity index (χ0) is 12.5. The van der Waals surface area contributed by atoms with Crippen molar-refractivity contribution in [3.05, 3.63) is 35.4 Å². The van der Waals surface area contributed by atoms with Gasteiger partial charge in [-0.1, -0.05) is 11.6 Å². The Morgan fingerprint density at radius 3 is 3.06 bits per heavy atom. The van der Waals surface area contributed by atoms with E-state index in [2.05, 4.69) is 20.2 Å². The van der Waals surface area contributed by atoms with Crippen LogP contribution >= 0.6 is 11.6 Å². The van der Waals surface area contributed by atoms with E-state index in [1.165, 1.54) is 12.4 Å². The third-order valence-corrected chi connectivity index (χ3v) is 2.93. The summed E-state index contributed by atoms with van der Waals surface area (Å²) in [6.45, 7) is 1.70. The zero-order valence-electron chi connectivity index (χ0n) is 9.32. The van der Waals surface area contributed by atoms with Crippen LogP contribution in [0.1, 0.15) is 16.3 Å². The smallest absolute Gasteiger partial charge is 0.274 e. The van der Waals surface area contributed by atoms with Crippen LogP contribution in [-0.2, 0) is 13.1 Å². The minimum absolute atomic E-state index is 0.195. The number of carbonyl (C=O) groups is 1. The monoisotopic (exact) mass is 264 g/mol. The summed E-state index contributed by atoms with van der Waals surface area (Å²) in [6.07, 6.45) is 4.47. The molecule has 0 saturated carbocycles. The SMILES string of the molecule is O=C(c1cncc(Cl)n1)N1CCn2cnnc2C1. The minimum atomic E-state index is -0.195. The first-order valence-electron chi connectivity index (χ1n) is 5.37. The van der Waals surface area contributed by atoms with Gasteiger partial charge in [0.15, 0.2) is 5.82 Å². The first-order chi connectivity index (χ1) is 8.74. The summed E-state index contributed by atoms with van der Waals surface area (Å²) in [6, 6.07) is 0. The van der Waals surface area contributed by atoms with Gasteiger partial charge in [-0.3, -0.25) is 9.78 Å². The first kappa shape index (κ1) is 11.1. The average molecular weight is 265 g/mol. The topological polar surface area (TPSA) is 76.8 Å². The number of fused-ring (bicyclic) bond motifs is 1. The number of carbonyl (C=O) groups excluding carboxylic acids is 1. The molecule has 2 aromatic heterocycles. The molecule has 0 bridgehead atoms. The molecule has 3 heterocycles. The molecule has 3 rings (SSSR count). The lowest BCUT2D eigenvalue weighted by Crippen LogP contribution is -2.38. The highest BCUT2D eigenvalue weighted by Crippen LogP contribution is 2.12. The Hall–Kier alpha value is -2.02. The van der Waals surface area contributed by atoms with Gasteiger partial charge in [-0.25, -0.2) is 4.98 Å². The number of halogens is 1. The maximum absolute atomic E-state index is 12.2. The number of rotatable bonds is 1. The molecule has 0 fully saturated rings. The van der Waals surface area contributed by atoms with Crippen molar-refractivity contribution in [3.63, 3.8) is 0 Å². The Bertz CT molecular complexity index is 598. The molecule has 0 saturated heterocycles. The van der Waals surface area contributed by atoms with E-state index in [-0.39, 0.29) is 16.8 Å². The molecule has 1 amide bonds. The molecular formula is C10H9ClN6O. The van der Waals surface area contributed by atoms with Crippen LogP contribution in [0.2, 0.25) is 5.15 Å². The van der Waals surface area contributed by atoms with Gasteiger partial charge in [0, 0.05) is 13.1 Å². The number of amides is 1. The van der Waals surface area contributed by atoms with Gasteiger partial charge in [-0.15, -0.1) is 10.2 Å². The Balaban J connectivity index is 1.83. The molecule has 2 aromatic rings. The van der Waals surface area contributed by atoms with E-state index in [4.69, 9.17) is 11.6 Å². The Morgan fingerprint density at radius 2 is 2.22 bits per heavy atom. The highest BCUT2D eigenvalue weighted by atomic mass is 35.5. The maximum Gasteiger partial charge on any atom is 0.274 e. The summed E-state index contributed by atoms with van der Waals surface area (Å²) in [5.41, 5.74) is 0.246. The van der Waals surface area contributed by atoms with Gasteiger partial charge in [-0.2, -0.15) is 0 Å². The molecule has 0 N–H and O–H groups in total. The summed E-state index contributed by atoms with van der Waals surface area (Å²) in [7, 11) is 0. The van der Waals surface area contributed by atoms with Gasteiger partial charge < -0.3 is 9.47 Å². The van der Waals surface area contributed by atoms with Crippen LogP contribution in [0.15, 0.2) is 18.7 Å². The van der Waals surface area contributed by atoms with E-state index >= 15 is 0 Å². The highest BCUT2D eigenvalue weighted by molar-refractivity contribution is 6.29. The Kier molecular flexibility index (Phi) is 2.67. The van der Waals surface area contributed by atoms with E-state index in [1.807, 2.05) is 4.57 Å². The molecule has 7 nitrogen and oxygen atoms in total. The molecule has 8 heteroatoms. The van der Waals surface area contributed by atoms with E-state index in [0.717, 1.165) is 5.82 Å². The molecule has 18 heavy (non-hydrogen) atoms. The van der Waals surface area contributed by atoms with Crippen molar-refractivity contribution in [1.29, 1.82) is 0 Å². The zero-order valence-corrected chi connectivity index (χ0v) is 10.1. The van der Waals surface area contributed by atoms with Crippen molar-refractivity contribution < 1.29 is 4.79 Å². The van der Waals surface area contributed by atoms with Crippen molar-refractivity contribution in [2.75, 3.05) is 6.54 Å². The van der Waals surface area contributed by atoms with E-state index in [9.17, 15) is 4.79 Å². The van der Waals surface area contributed by atoms with Gasteiger partial charge in [0.05, 0.1) is 18.9 Å². The Morgan fingerprint density at radius 1 is 1.33 bits per heavy atom. The van der Waals surface area contributed by atoms with Crippen molar-refractivity contribution in [3.8, 4) is 0 Å². The van der Waals surface area contributed by atoms with Crippen LogP contribution in [0.25, 0.3) is 0 Å². The van der Waals surface area contributed by atoms with E-state index < -0.39 is 0 Å². The normalized spacial score (nSPS) is 14.4.